The summed E-state index contributed by atoms with van der Waals surface area (Å²) in [5.41, 5.74) is 1.18. The first-order chi connectivity index (χ1) is 6.42. The minimum atomic E-state index is 0.246. The molecule has 0 spiro atoms. The van der Waals surface area contributed by atoms with Crippen molar-refractivity contribution in [1.82, 2.24) is 10.6 Å². The summed E-state index contributed by atoms with van der Waals surface area (Å²) in [6, 6.07) is 8.07. The average molecular weight is 178 g/mol. The monoisotopic (exact) mass is 178 g/mol. The van der Waals surface area contributed by atoms with Crippen LogP contribution in [-0.4, -0.2) is 20.2 Å². The van der Waals surface area contributed by atoms with E-state index in [4.69, 9.17) is 4.74 Å². The highest BCUT2D eigenvalue weighted by molar-refractivity contribution is 5.35. The molecule has 1 heterocycles. The van der Waals surface area contributed by atoms with E-state index in [2.05, 4.69) is 16.7 Å². The molecular weight excluding hydrogens is 164 g/mol. The Balaban J connectivity index is 2.26. The number of hydrogen-bond acceptors (Lipinski definition) is 3. The van der Waals surface area contributed by atoms with Gasteiger partial charge in [0.25, 0.3) is 0 Å². The van der Waals surface area contributed by atoms with E-state index in [0.29, 0.717) is 0 Å². The van der Waals surface area contributed by atoms with E-state index in [9.17, 15) is 0 Å². The summed E-state index contributed by atoms with van der Waals surface area (Å²) in [5.74, 6) is 0.939. The van der Waals surface area contributed by atoms with E-state index in [0.717, 1.165) is 18.8 Å². The van der Waals surface area contributed by atoms with Gasteiger partial charge in [0.2, 0.25) is 0 Å². The largest absolute Gasteiger partial charge is 0.496 e. The quantitative estimate of drug-likeness (QED) is 0.705. The van der Waals surface area contributed by atoms with Crippen LogP contribution in [0.4, 0.5) is 0 Å². The van der Waals surface area contributed by atoms with Gasteiger partial charge < -0.3 is 4.74 Å². The van der Waals surface area contributed by atoms with E-state index >= 15 is 0 Å². The molecule has 1 aliphatic rings. The van der Waals surface area contributed by atoms with Crippen LogP contribution in [0.3, 0.4) is 0 Å². The van der Waals surface area contributed by atoms with Crippen LogP contribution in [0.15, 0.2) is 24.3 Å². The van der Waals surface area contributed by atoms with Crippen LogP contribution in [-0.2, 0) is 0 Å². The molecule has 0 saturated carbocycles. The molecule has 2 N–H and O–H groups in total. The predicted octanol–water partition coefficient (Wildman–Crippen LogP) is 0.887. The second-order valence-electron chi connectivity index (χ2n) is 3.08. The van der Waals surface area contributed by atoms with Crippen molar-refractivity contribution < 1.29 is 4.74 Å². The summed E-state index contributed by atoms with van der Waals surface area (Å²) < 4.78 is 5.28. The van der Waals surface area contributed by atoms with Gasteiger partial charge in [-0.15, -0.1) is 0 Å². The van der Waals surface area contributed by atoms with Gasteiger partial charge >= 0.3 is 0 Å². The minimum Gasteiger partial charge on any atom is -0.496 e. The van der Waals surface area contributed by atoms with E-state index in [1.807, 2.05) is 18.2 Å². The molecule has 1 aromatic rings. The number of nitrogens with one attached hydrogen (secondary N) is 2. The van der Waals surface area contributed by atoms with Crippen LogP contribution in [0.2, 0.25) is 0 Å². The smallest absolute Gasteiger partial charge is 0.124 e. The summed E-state index contributed by atoms with van der Waals surface area (Å²) >= 11 is 0. The Morgan fingerprint density at radius 2 is 1.92 bits per heavy atom. The molecule has 0 aromatic heterocycles. The molecule has 13 heavy (non-hydrogen) atoms. The van der Waals surface area contributed by atoms with Crippen molar-refractivity contribution in [3.05, 3.63) is 29.8 Å². The molecule has 0 unspecified atom stereocenters. The van der Waals surface area contributed by atoms with Gasteiger partial charge in [-0.05, 0) is 6.07 Å². The van der Waals surface area contributed by atoms with E-state index < -0.39 is 0 Å². The van der Waals surface area contributed by atoms with Crippen molar-refractivity contribution in [3.8, 4) is 5.75 Å². The van der Waals surface area contributed by atoms with E-state index in [1.54, 1.807) is 7.11 Å². The fraction of sp³-hybridized carbons (Fsp3) is 0.400. The summed E-state index contributed by atoms with van der Waals surface area (Å²) in [5, 5.41) is 6.71. The van der Waals surface area contributed by atoms with Crippen LogP contribution < -0.4 is 15.4 Å². The maximum absolute atomic E-state index is 5.28. The predicted molar refractivity (Wildman–Crippen MR) is 51.7 cm³/mol. The Morgan fingerprint density at radius 3 is 2.62 bits per heavy atom. The average Bonchev–Trinajstić information content (AvgIpc) is 2.70. The second kappa shape index (κ2) is 3.77. The molecule has 2 rings (SSSR count). The third-order valence-electron chi connectivity index (χ3n) is 2.27. The number of para-hydroxylation sites is 1. The van der Waals surface area contributed by atoms with Gasteiger partial charge in [-0.25, -0.2) is 0 Å². The Kier molecular flexibility index (Phi) is 2.47. The van der Waals surface area contributed by atoms with Gasteiger partial charge in [-0.1, -0.05) is 18.2 Å². The third kappa shape index (κ3) is 1.66. The van der Waals surface area contributed by atoms with Gasteiger partial charge in [-0.2, -0.15) is 0 Å². The van der Waals surface area contributed by atoms with Crippen molar-refractivity contribution in [3.63, 3.8) is 0 Å². The highest BCUT2D eigenvalue weighted by atomic mass is 16.5. The topological polar surface area (TPSA) is 33.3 Å². The lowest BCUT2D eigenvalue weighted by molar-refractivity contribution is 0.400. The highest BCUT2D eigenvalue weighted by Crippen LogP contribution is 2.23. The van der Waals surface area contributed by atoms with Crippen molar-refractivity contribution in [1.29, 1.82) is 0 Å². The normalized spacial score (nSPS) is 17.6. The lowest BCUT2D eigenvalue weighted by atomic mass is 10.1. The Labute approximate surface area is 78.1 Å². The minimum absolute atomic E-state index is 0.246. The molecule has 1 fully saturated rings. The molecule has 3 heteroatoms. The summed E-state index contributed by atoms with van der Waals surface area (Å²) in [4.78, 5) is 0. The zero-order chi connectivity index (χ0) is 9.10. The van der Waals surface area contributed by atoms with Crippen molar-refractivity contribution in [2.24, 2.45) is 0 Å². The number of rotatable bonds is 2. The molecule has 0 radical (unpaired) electrons. The van der Waals surface area contributed by atoms with Gasteiger partial charge in [0.1, 0.15) is 5.75 Å². The van der Waals surface area contributed by atoms with Crippen LogP contribution in [0.5, 0.6) is 5.75 Å². The summed E-state index contributed by atoms with van der Waals surface area (Å²) in [6.07, 6.45) is 0.246. The molecule has 1 aliphatic heterocycles. The Hall–Kier alpha value is -1.06. The van der Waals surface area contributed by atoms with Crippen LogP contribution in [0.1, 0.15) is 11.7 Å². The number of hydrogen-bond donors (Lipinski definition) is 2. The van der Waals surface area contributed by atoms with Gasteiger partial charge in [0, 0.05) is 18.7 Å². The number of methoxy groups -OCH3 is 1. The molecule has 70 valence electrons. The van der Waals surface area contributed by atoms with Gasteiger partial charge in [0.05, 0.1) is 13.3 Å². The molecule has 0 atom stereocenters. The molecule has 0 amide bonds. The SMILES string of the molecule is COc1ccccc1C1NCCN1. The molecular formula is C10H14N2O. The lowest BCUT2D eigenvalue weighted by Gasteiger charge is -2.14. The fourth-order valence-electron chi connectivity index (χ4n) is 1.63. The van der Waals surface area contributed by atoms with Crippen molar-refractivity contribution >= 4 is 0 Å². The summed E-state index contributed by atoms with van der Waals surface area (Å²) in [7, 11) is 1.70. The molecule has 1 saturated heterocycles. The molecule has 0 aliphatic carbocycles. The zero-order valence-corrected chi connectivity index (χ0v) is 7.71. The number of ether oxygens (including phenoxy) is 1. The first-order valence-electron chi connectivity index (χ1n) is 4.51. The summed E-state index contributed by atoms with van der Waals surface area (Å²) in [6.45, 7) is 2.03. The van der Waals surface area contributed by atoms with Gasteiger partial charge in [-0.3, -0.25) is 10.6 Å². The standard InChI is InChI=1S/C10H14N2O/c1-13-9-5-3-2-4-8(9)10-11-6-7-12-10/h2-5,10-12H,6-7H2,1H3. The van der Waals surface area contributed by atoms with E-state index in [1.165, 1.54) is 5.56 Å². The third-order valence-corrected chi connectivity index (χ3v) is 2.27. The van der Waals surface area contributed by atoms with Gasteiger partial charge in [0.15, 0.2) is 0 Å². The van der Waals surface area contributed by atoms with E-state index in [-0.39, 0.29) is 6.17 Å². The van der Waals surface area contributed by atoms with Crippen molar-refractivity contribution in [2.45, 2.75) is 6.17 Å². The molecule has 3 nitrogen and oxygen atoms in total. The maximum atomic E-state index is 5.28. The molecule has 1 aromatic carbocycles. The maximum Gasteiger partial charge on any atom is 0.124 e. The second-order valence-corrected chi connectivity index (χ2v) is 3.08. The Bertz CT molecular complexity index is 282. The first kappa shape index (κ1) is 8.53. The zero-order valence-electron chi connectivity index (χ0n) is 7.71. The molecule has 0 bridgehead atoms. The lowest BCUT2D eigenvalue weighted by Crippen LogP contribution is -2.21. The fourth-order valence-corrected chi connectivity index (χ4v) is 1.63. The van der Waals surface area contributed by atoms with Crippen LogP contribution >= 0.6 is 0 Å². The van der Waals surface area contributed by atoms with Crippen LogP contribution in [0.25, 0.3) is 0 Å². The van der Waals surface area contributed by atoms with Crippen LogP contribution in [0, 0.1) is 0 Å². The Morgan fingerprint density at radius 1 is 1.23 bits per heavy atom. The van der Waals surface area contributed by atoms with Crippen molar-refractivity contribution in [2.75, 3.05) is 20.2 Å². The number of benzene rings is 1. The highest BCUT2D eigenvalue weighted by Gasteiger charge is 2.17. The first-order valence-corrected chi connectivity index (χ1v) is 4.51.